The second-order valence-corrected chi connectivity index (χ2v) is 5.51. The third-order valence-corrected chi connectivity index (χ3v) is 3.93. The number of carbonyl (C=O) groups is 1. The van der Waals surface area contributed by atoms with Crippen LogP contribution in [0.15, 0.2) is 23.7 Å². The van der Waals surface area contributed by atoms with Crippen LogP contribution in [0.3, 0.4) is 0 Å². The second kappa shape index (κ2) is 5.08. The van der Waals surface area contributed by atoms with Crippen LogP contribution >= 0.6 is 22.7 Å². The van der Waals surface area contributed by atoms with E-state index in [1.807, 2.05) is 24.4 Å². The topological polar surface area (TPSA) is 65.8 Å². The Kier molecular flexibility index (Phi) is 3.52. The normalized spacial score (nSPS) is 11.8. The van der Waals surface area contributed by atoms with Gasteiger partial charge in [0.2, 0.25) is 0 Å². The predicted molar refractivity (Wildman–Crippen MR) is 67.0 cm³/mol. The van der Waals surface area contributed by atoms with Gasteiger partial charge in [-0.15, -0.1) is 22.7 Å². The van der Waals surface area contributed by atoms with Gasteiger partial charge in [0, 0.05) is 4.88 Å². The Morgan fingerprint density at radius 3 is 3.00 bits per heavy atom. The number of nitrogens with one attached hydrogen (secondary N) is 1. The smallest absolute Gasteiger partial charge is 0.264 e. The molecule has 1 N–H and O–H groups in total. The fourth-order valence-electron chi connectivity index (χ4n) is 1.29. The SMILES string of the molecule is Cc1ncc(C(=O)NC(C#N)c2cccs2)s1. The molecule has 17 heavy (non-hydrogen) atoms. The molecule has 0 aromatic carbocycles. The van der Waals surface area contributed by atoms with Gasteiger partial charge in [-0.3, -0.25) is 4.79 Å². The minimum Gasteiger partial charge on any atom is -0.331 e. The molecule has 1 unspecified atom stereocenters. The molecule has 0 fully saturated rings. The summed E-state index contributed by atoms with van der Waals surface area (Å²) in [7, 11) is 0. The van der Waals surface area contributed by atoms with Gasteiger partial charge in [-0.2, -0.15) is 5.26 Å². The number of amides is 1. The summed E-state index contributed by atoms with van der Waals surface area (Å²) in [6, 6.07) is 5.17. The van der Waals surface area contributed by atoms with Gasteiger partial charge in [-0.1, -0.05) is 6.07 Å². The van der Waals surface area contributed by atoms with Crippen molar-refractivity contribution in [3.63, 3.8) is 0 Å². The molecule has 4 nitrogen and oxygen atoms in total. The van der Waals surface area contributed by atoms with E-state index in [1.165, 1.54) is 28.9 Å². The Bertz CT molecular complexity index is 554. The van der Waals surface area contributed by atoms with Crippen molar-refractivity contribution in [2.75, 3.05) is 0 Å². The largest absolute Gasteiger partial charge is 0.331 e. The van der Waals surface area contributed by atoms with E-state index in [4.69, 9.17) is 5.26 Å². The van der Waals surface area contributed by atoms with Crippen molar-refractivity contribution in [2.24, 2.45) is 0 Å². The van der Waals surface area contributed by atoms with Crippen LogP contribution in [0.4, 0.5) is 0 Å². The molecule has 1 amide bonds. The van der Waals surface area contributed by atoms with E-state index in [0.717, 1.165) is 9.88 Å². The number of aromatic nitrogens is 1. The van der Waals surface area contributed by atoms with Crippen LogP contribution in [0.5, 0.6) is 0 Å². The van der Waals surface area contributed by atoms with Gasteiger partial charge in [0.15, 0.2) is 6.04 Å². The Morgan fingerprint density at radius 2 is 2.47 bits per heavy atom. The molecule has 1 atom stereocenters. The first kappa shape index (κ1) is 11.8. The average molecular weight is 263 g/mol. The first-order chi connectivity index (χ1) is 8.20. The number of aryl methyl sites for hydroxylation is 1. The number of carbonyl (C=O) groups excluding carboxylic acids is 1. The van der Waals surface area contributed by atoms with Gasteiger partial charge in [-0.05, 0) is 18.4 Å². The highest BCUT2D eigenvalue weighted by atomic mass is 32.1. The van der Waals surface area contributed by atoms with Crippen LogP contribution in [-0.4, -0.2) is 10.9 Å². The number of nitriles is 1. The van der Waals surface area contributed by atoms with Gasteiger partial charge in [0.1, 0.15) is 4.88 Å². The summed E-state index contributed by atoms with van der Waals surface area (Å²) in [5.74, 6) is -0.254. The molecule has 0 aliphatic rings. The maximum atomic E-state index is 11.8. The van der Waals surface area contributed by atoms with Gasteiger partial charge >= 0.3 is 0 Å². The third-order valence-electron chi connectivity index (χ3n) is 2.08. The summed E-state index contributed by atoms with van der Waals surface area (Å²) in [6.07, 6.45) is 1.53. The zero-order chi connectivity index (χ0) is 12.3. The highest BCUT2D eigenvalue weighted by molar-refractivity contribution is 7.13. The summed E-state index contributed by atoms with van der Waals surface area (Å²) in [6.45, 7) is 1.84. The summed E-state index contributed by atoms with van der Waals surface area (Å²) in [4.78, 5) is 17.2. The molecule has 0 radical (unpaired) electrons. The average Bonchev–Trinajstić information content (AvgIpc) is 2.96. The van der Waals surface area contributed by atoms with E-state index >= 15 is 0 Å². The summed E-state index contributed by atoms with van der Waals surface area (Å²) in [5.41, 5.74) is 0. The molecule has 2 heterocycles. The number of rotatable bonds is 3. The number of nitrogens with zero attached hydrogens (tertiary/aromatic N) is 2. The summed E-state index contributed by atoms with van der Waals surface area (Å²) >= 11 is 2.76. The minimum atomic E-state index is -0.593. The lowest BCUT2D eigenvalue weighted by molar-refractivity contribution is 0.0949. The number of thiazole rings is 1. The lowest BCUT2D eigenvalue weighted by Gasteiger charge is -2.07. The Labute approximate surface area is 107 Å². The van der Waals surface area contributed by atoms with Crippen LogP contribution in [0, 0.1) is 18.3 Å². The molecule has 2 rings (SSSR count). The van der Waals surface area contributed by atoms with Crippen molar-refractivity contribution in [3.05, 3.63) is 38.5 Å². The second-order valence-electron chi connectivity index (χ2n) is 3.29. The quantitative estimate of drug-likeness (QED) is 0.925. The first-order valence-corrected chi connectivity index (χ1v) is 6.56. The van der Waals surface area contributed by atoms with Gasteiger partial charge in [-0.25, -0.2) is 4.98 Å². The van der Waals surface area contributed by atoms with Crippen LogP contribution in [0.25, 0.3) is 0 Å². The Hall–Kier alpha value is -1.71. The monoisotopic (exact) mass is 263 g/mol. The van der Waals surface area contributed by atoms with Crippen molar-refractivity contribution < 1.29 is 4.79 Å². The maximum Gasteiger partial charge on any atom is 0.264 e. The lowest BCUT2D eigenvalue weighted by atomic mass is 10.2. The highest BCUT2D eigenvalue weighted by Gasteiger charge is 2.17. The fraction of sp³-hybridized carbons (Fsp3) is 0.182. The molecule has 0 spiro atoms. The zero-order valence-corrected chi connectivity index (χ0v) is 10.6. The standard InChI is InChI=1S/C11H9N3OS2/c1-7-13-6-10(17-7)11(15)14-8(5-12)9-3-2-4-16-9/h2-4,6,8H,1H3,(H,14,15). The molecule has 2 aromatic heterocycles. The summed E-state index contributed by atoms with van der Waals surface area (Å²) in [5, 5.41) is 14.4. The van der Waals surface area contributed by atoms with E-state index in [-0.39, 0.29) is 5.91 Å². The van der Waals surface area contributed by atoms with Gasteiger partial charge in [0.25, 0.3) is 5.91 Å². The van der Waals surface area contributed by atoms with Crippen LogP contribution in [0.1, 0.15) is 25.6 Å². The van der Waals surface area contributed by atoms with Gasteiger partial charge < -0.3 is 5.32 Å². The van der Waals surface area contributed by atoms with E-state index in [9.17, 15) is 4.79 Å². The van der Waals surface area contributed by atoms with E-state index in [1.54, 1.807) is 0 Å². The maximum absolute atomic E-state index is 11.8. The summed E-state index contributed by atoms with van der Waals surface area (Å²) < 4.78 is 0. The molecular formula is C11H9N3OS2. The van der Waals surface area contributed by atoms with Crippen molar-refractivity contribution >= 4 is 28.6 Å². The lowest BCUT2D eigenvalue weighted by Crippen LogP contribution is -2.26. The zero-order valence-electron chi connectivity index (χ0n) is 9.01. The Balaban J connectivity index is 2.10. The third kappa shape index (κ3) is 2.70. The number of hydrogen-bond acceptors (Lipinski definition) is 5. The minimum absolute atomic E-state index is 0.254. The molecule has 0 aliphatic carbocycles. The molecule has 0 saturated carbocycles. The van der Waals surface area contributed by atoms with E-state index in [2.05, 4.69) is 16.4 Å². The van der Waals surface area contributed by atoms with E-state index < -0.39 is 6.04 Å². The molecule has 0 saturated heterocycles. The van der Waals surface area contributed by atoms with Crippen molar-refractivity contribution in [1.82, 2.24) is 10.3 Å². The predicted octanol–water partition coefficient (Wildman–Crippen LogP) is 2.51. The molecular weight excluding hydrogens is 254 g/mol. The first-order valence-electron chi connectivity index (χ1n) is 4.87. The number of thiophene rings is 1. The van der Waals surface area contributed by atoms with Crippen LogP contribution < -0.4 is 5.32 Å². The molecule has 0 aliphatic heterocycles. The van der Waals surface area contributed by atoms with Gasteiger partial charge in [0.05, 0.1) is 17.3 Å². The van der Waals surface area contributed by atoms with Crippen LogP contribution in [-0.2, 0) is 0 Å². The van der Waals surface area contributed by atoms with Crippen molar-refractivity contribution in [1.29, 1.82) is 5.26 Å². The van der Waals surface area contributed by atoms with Crippen molar-refractivity contribution in [2.45, 2.75) is 13.0 Å². The molecule has 2 aromatic rings. The highest BCUT2D eigenvalue weighted by Crippen LogP contribution is 2.19. The number of hydrogen-bond donors (Lipinski definition) is 1. The fourth-order valence-corrected chi connectivity index (χ4v) is 2.69. The van der Waals surface area contributed by atoms with E-state index in [0.29, 0.717) is 4.88 Å². The van der Waals surface area contributed by atoms with Crippen molar-refractivity contribution in [3.8, 4) is 6.07 Å². The van der Waals surface area contributed by atoms with Crippen LogP contribution in [0.2, 0.25) is 0 Å². The molecule has 86 valence electrons. The Morgan fingerprint density at radius 1 is 1.65 bits per heavy atom. The molecule has 6 heteroatoms. The molecule has 0 bridgehead atoms.